The third-order valence-electron chi connectivity index (χ3n) is 3.33. The van der Waals surface area contributed by atoms with E-state index in [-0.39, 0.29) is 36.0 Å². The Kier molecular flexibility index (Phi) is 3.04. The quantitative estimate of drug-likeness (QED) is 0.797. The molecule has 2 aromatic heterocycles. The van der Waals surface area contributed by atoms with Crippen molar-refractivity contribution in [3.63, 3.8) is 0 Å². The van der Waals surface area contributed by atoms with Crippen LogP contribution in [0.5, 0.6) is 0 Å². The minimum atomic E-state index is -0.229. The summed E-state index contributed by atoms with van der Waals surface area (Å²) < 4.78 is 7.57. The molecule has 8 heteroatoms. The Morgan fingerprint density at radius 3 is 3.05 bits per heavy atom. The molecule has 3 N–H and O–H groups in total. The zero-order valence-corrected chi connectivity index (χ0v) is 11.1. The van der Waals surface area contributed by atoms with Gasteiger partial charge in [-0.1, -0.05) is 18.5 Å². The predicted molar refractivity (Wildman–Crippen MR) is 69.5 cm³/mol. The van der Waals surface area contributed by atoms with Crippen molar-refractivity contribution >= 4 is 28.7 Å². The Balaban J connectivity index is 2.06. The van der Waals surface area contributed by atoms with Gasteiger partial charge in [-0.15, -0.1) is 0 Å². The fourth-order valence-electron chi connectivity index (χ4n) is 2.46. The minimum Gasteiger partial charge on any atom is -0.394 e. The molecule has 1 aliphatic rings. The summed E-state index contributed by atoms with van der Waals surface area (Å²) in [5, 5.41) is 9.41. The standard InChI is InChI=1S/C11H14ClN5O2/c1-5-2-6(3-18)19-10(5)17-4-14-7-8(12)15-11(13)16-9(7)17/h4-6,10,18H,2-3H2,1H3,(H2,13,15,16). The molecule has 1 fully saturated rings. The number of anilines is 1. The Labute approximate surface area is 114 Å². The van der Waals surface area contributed by atoms with E-state index in [9.17, 15) is 5.11 Å². The van der Waals surface area contributed by atoms with Crippen molar-refractivity contribution in [2.24, 2.45) is 5.92 Å². The number of hydrogen-bond donors (Lipinski definition) is 2. The fourth-order valence-corrected chi connectivity index (χ4v) is 2.68. The maximum atomic E-state index is 9.18. The number of rotatable bonds is 2. The Morgan fingerprint density at radius 1 is 1.58 bits per heavy atom. The third-order valence-corrected chi connectivity index (χ3v) is 3.59. The normalized spacial score (nSPS) is 27.2. The van der Waals surface area contributed by atoms with Crippen LogP contribution in [0.4, 0.5) is 5.95 Å². The van der Waals surface area contributed by atoms with Crippen molar-refractivity contribution in [1.82, 2.24) is 19.5 Å². The van der Waals surface area contributed by atoms with E-state index >= 15 is 0 Å². The van der Waals surface area contributed by atoms with Crippen LogP contribution >= 0.6 is 11.6 Å². The summed E-state index contributed by atoms with van der Waals surface area (Å²) in [4.78, 5) is 12.2. The maximum Gasteiger partial charge on any atom is 0.223 e. The molecule has 7 nitrogen and oxygen atoms in total. The highest BCUT2D eigenvalue weighted by molar-refractivity contribution is 6.33. The molecule has 2 aromatic rings. The first-order chi connectivity index (χ1) is 9.10. The molecular weight excluding hydrogens is 270 g/mol. The van der Waals surface area contributed by atoms with E-state index in [1.54, 1.807) is 10.9 Å². The summed E-state index contributed by atoms with van der Waals surface area (Å²) in [6.07, 6.45) is 2.01. The first kappa shape index (κ1) is 12.6. The van der Waals surface area contributed by atoms with Gasteiger partial charge in [-0.05, 0) is 6.42 Å². The Bertz CT molecular complexity index is 616. The predicted octanol–water partition coefficient (Wildman–Crippen LogP) is 0.978. The Hall–Kier alpha value is -1.44. The van der Waals surface area contributed by atoms with Crippen molar-refractivity contribution in [3.8, 4) is 0 Å². The fraction of sp³-hybridized carbons (Fsp3) is 0.545. The van der Waals surface area contributed by atoms with Crippen molar-refractivity contribution in [2.75, 3.05) is 12.3 Å². The molecule has 0 aromatic carbocycles. The van der Waals surface area contributed by atoms with Crippen LogP contribution in [0, 0.1) is 5.92 Å². The third kappa shape index (κ3) is 2.03. The number of halogens is 1. The summed E-state index contributed by atoms with van der Waals surface area (Å²) in [6, 6.07) is 0. The molecule has 102 valence electrons. The van der Waals surface area contributed by atoms with Crippen LogP contribution in [-0.4, -0.2) is 37.3 Å². The van der Waals surface area contributed by atoms with Crippen LogP contribution in [0.3, 0.4) is 0 Å². The number of aliphatic hydroxyl groups excluding tert-OH is 1. The van der Waals surface area contributed by atoms with Gasteiger partial charge in [0.1, 0.15) is 11.7 Å². The molecule has 0 saturated carbocycles. The molecule has 3 unspecified atom stereocenters. The molecule has 19 heavy (non-hydrogen) atoms. The monoisotopic (exact) mass is 283 g/mol. The van der Waals surface area contributed by atoms with E-state index in [2.05, 4.69) is 21.9 Å². The van der Waals surface area contributed by atoms with Gasteiger partial charge in [0.15, 0.2) is 10.8 Å². The van der Waals surface area contributed by atoms with Crippen molar-refractivity contribution in [3.05, 3.63) is 11.5 Å². The second-order valence-corrected chi connectivity index (χ2v) is 5.10. The second kappa shape index (κ2) is 4.59. The zero-order valence-electron chi connectivity index (χ0n) is 10.3. The van der Waals surface area contributed by atoms with Gasteiger partial charge in [-0.25, -0.2) is 4.98 Å². The van der Waals surface area contributed by atoms with Crippen LogP contribution in [0.15, 0.2) is 6.33 Å². The van der Waals surface area contributed by atoms with Gasteiger partial charge in [0.05, 0.1) is 19.0 Å². The van der Waals surface area contributed by atoms with Crippen LogP contribution in [0.25, 0.3) is 11.2 Å². The van der Waals surface area contributed by atoms with Gasteiger partial charge in [-0.3, -0.25) is 4.57 Å². The zero-order chi connectivity index (χ0) is 13.6. The molecular formula is C11H14ClN5O2. The molecule has 0 spiro atoms. The van der Waals surface area contributed by atoms with E-state index in [4.69, 9.17) is 22.1 Å². The van der Waals surface area contributed by atoms with E-state index in [0.717, 1.165) is 6.42 Å². The highest BCUT2D eigenvalue weighted by Crippen LogP contribution is 2.36. The molecule has 3 heterocycles. The Morgan fingerprint density at radius 2 is 2.37 bits per heavy atom. The summed E-state index contributed by atoms with van der Waals surface area (Å²) in [5.41, 5.74) is 6.66. The SMILES string of the molecule is CC1CC(CO)OC1n1cnc2c(Cl)nc(N)nc21. The number of aromatic nitrogens is 4. The van der Waals surface area contributed by atoms with E-state index in [0.29, 0.717) is 11.2 Å². The van der Waals surface area contributed by atoms with E-state index in [1.807, 2.05) is 0 Å². The lowest BCUT2D eigenvalue weighted by Crippen LogP contribution is -2.15. The number of ether oxygens (including phenoxy) is 1. The lowest BCUT2D eigenvalue weighted by molar-refractivity contribution is -0.0294. The van der Waals surface area contributed by atoms with Gasteiger partial charge in [0.2, 0.25) is 5.95 Å². The lowest BCUT2D eigenvalue weighted by atomic mass is 10.1. The van der Waals surface area contributed by atoms with Crippen LogP contribution in [0.2, 0.25) is 5.15 Å². The topological polar surface area (TPSA) is 99.1 Å². The van der Waals surface area contributed by atoms with Gasteiger partial charge in [0, 0.05) is 5.92 Å². The number of aliphatic hydroxyl groups is 1. The molecule has 0 radical (unpaired) electrons. The smallest absolute Gasteiger partial charge is 0.223 e. The van der Waals surface area contributed by atoms with Gasteiger partial charge >= 0.3 is 0 Å². The molecule has 0 bridgehead atoms. The van der Waals surface area contributed by atoms with Crippen molar-refractivity contribution in [1.29, 1.82) is 0 Å². The van der Waals surface area contributed by atoms with Gasteiger partial charge in [-0.2, -0.15) is 9.97 Å². The van der Waals surface area contributed by atoms with Crippen LogP contribution in [-0.2, 0) is 4.74 Å². The van der Waals surface area contributed by atoms with Gasteiger partial charge in [0.25, 0.3) is 0 Å². The highest BCUT2D eigenvalue weighted by Gasteiger charge is 2.34. The van der Waals surface area contributed by atoms with Crippen molar-refractivity contribution < 1.29 is 9.84 Å². The van der Waals surface area contributed by atoms with E-state index < -0.39 is 0 Å². The molecule has 3 rings (SSSR count). The first-order valence-corrected chi connectivity index (χ1v) is 6.39. The largest absolute Gasteiger partial charge is 0.394 e. The van der Waals surface area contributed by atoms with Crippen molar-refractivity contribution in [2.45, 2.75) is 25.7 Å². The number of hydrogen-bond acceptors (Lipinski definition) is 6. The summed E-state index contributed by atoms with van der Waals surface area (Å²) in [6.45, 7) is 2.06. The second-order valence-electron chi connectivity index (χ2n) is 4.74. The average Bonchev–Trinajstić information content (AvgIpc) is 2.92. The molecule has 0 aliphatic carbocycles. The van der Waals surface area contributed by atoms with E-state index in [1.165, 1.54) is 0 Å². The number of nitrogens with two attached hydrogens (primary N) is 1. The number of nitrogen functional groups attached to an aromatic ring is 1. The number of nitrogens with zero attached hydrogens (tertiary/aromatic N) is 4. The minimum absolute atomic E-state index is 0.00531. The summed E-state index contributed by atoms with van der Waals surface area (Å²) in [7, 11) is 0. The molecule has 1 saturated heterocycles. The van der Waals surface area contributed by atoms with Crippen LogP contribution in [0.1, 0.15) is 19.6 Å². The summed E-state index contributed by atoms with van der Waals surface area (Å²) in [5.74, 6) is 0.341. The molecule has 0 amide bonds. The number of fused-ring (bicyclic) bond motifs is 1. The lowest BCUT2D eigenvalue weighted by Gasteiger charge is -2.17. The molecule has 1 aliphatic heterocycles. The highest BCUT2D eigenvalue weighted by atomic mass is 35.5. The van der Waals surface area contributed by atoms with Gasteiger partial charge < -0.3 is 15.6 Å². The first-order valence-electron chi connectivity index (χ1n) is 6.02. The molecule has 3 atom stereocenters. The van der Waals surface area contributed by atoms with Crippen LogP contribution < -0.4 is 5.73 Å². The average molecular weight is 284 g/mol. The maximum absolute atomic E-state index is 9.18. The number of imidazole rings is 1. The summed E-state index contributed by atoms with van der Waals surface area (Å²) >= 11 is 5.99.